The number of nitrogens with one attached hydrogen (secondary N) is 1. The van der Waals surface area contributed by atoms with Gasteiger partial charge in [0, 0.05) is 12.4 Å². The van der Waals surface area contributed by atoms with Crippen LogP contribution in [0.5, 0.6) is 0 Å². The molecule has 0 fully saturated rings. The van der Waals surface area contributed by atoms with Gasteiger partial charge < -0.3 is 5.32 Å². The van der Waals surface area contributed by atoms with Crippen LogP contribution in [0.4, 0.5) is 8.78 Å². The van der Waals surface area contributed by atoms with Gasteiger partial charge in [-0.1, -0.05) is 11.6 Å². The van der Waals surface area contributed by atoms with Crippen LogP contribution >= 0.6 is 0 Å². The number of aromatic nitrogens is 2. The minimum atomic E-state index is -2.51. The van der Waals surface area contributed by atoms with E-state index in [9.17, 15) is 8.78 Å². The fourth-order valence-corrected chi connectivity index (χ4v) is 2.24. The molecule has 1 aliphatic rings. The molecule has 0 radical (unpaired) electrons. The molecule has 1 aromatic rings. The number of hydrogen-bond acceptors (Lipinski definition) is 2. The van der Waals surface area contributed by atoms with Crippen molar-refractivity contribution in [3.05, 3.63) is 29.9 Å². The van der Waals surface area contributed by atoms with E-state index in [1.54, 1.807) is 0 Å². The average Bonchev–Trinajstić information content (AvgIpc) is 2.84. The van der Waals surface area contributed by atoms with Crippen molar-refractivity contribution in [1.29, 1.82) is 0 Å². The molecule has 2 rings (SSSR count). The molecular weight excluding hydrogens is 236 g/mol. The molecule has 5 heteroatoms. The van der Waals surface area contributed by atoms with Crippen molar-refractivity contribution < 1.29 is 8.78 Å². The first kappa shape index (κ1) is 13.2. The minimum Gasteiger partial charge on any atom is -0.310 e. The molecule has 0 aliphatic heterocycles. The zero-order valence-electron chi connectivity index (χ0n) is 10.4. The van der Waals surface area contributed by atoms with E-state index in [1.165, 1.54) is 43.7 Å². The van der Waals surface area contributed by atoms with Crippen LogP contribution in [-0.2, 0) is 6.54 Å². The van der Waals surface area contributed by atoms with Gasteiger partial charge in [0.2, 0.25) is 0 Å². The van der Waals surface area contributed by atoms with Crippen molar-refractivity contribution in [2.24, 2.45) is 0 Å². The monoisotopic (exact) mass is 255 g/mol. The molecule has 100 valence electrons. The van der Waals surface area contributed by atoms with Gasteiger partial charge in [0.15, 0.2) is 0 Å². The van der Waals surface area contributed by atoms with Gasteiger partial charge in [-0.2, -0.15) is 8.78 Å². The van der Waals surface area contributed by atoms with Crippen LogP contribution in [0.1, 0.15) is 44.5 Å². The Balaban J connectivity index is 1.71. The standard InChI is InChI=1S/C13H19F2N3/c14-13(15)18-9-8-17-12(18)10-16-7-6-11-4-2-1-3-5-11/h4,8-9,13,16H,1-3,5-7,10H2. The molecule has 0 aromatic carbocycles. The lowest BCUT2D eigenvalue weighted by atomic mass is 9.97. The molecule has 0 amide bonds. The summed E-state index contributed by atoms with van der Waals surface area (Å²) in [5.74, 6) is 0.391. The van der Waals surface area contributed by atoms with E-state index in [-0.39, 0.29) is 0 Å². The van der Waals surface area contributed by atoms with E-state index in [0.29, 0.717) is 12.4 Å². The molecular formula is C13H19F2N3. The predicted octanol–water partition coefficient (Wildman–Crippen LogP) is 3.26. The first-order valence-corrected chi connectivity index (χ1v) is 6.46. The van der Waals surface area contributed by atoms with Gasteiger partial charge in [0.1, 0.15) is 5.82 Å². The summed E-state index contributed by atoms with van der Waals surface area (Å²) in [5, 5.41) is 3.17. The molecule has 1 heterocycles. The van der Waals surface area contributed by atoms with Crippen molar-refractivity contribution in [3.63, 3.8) is 0 Å². The molecule has 3 nitrogen and oxygen atoms in total. The fraction of sp³-hybridized carbons (Fsp3) is 0.615. The van der Waals surface area contributed by atoms with E-state index >= 15 is 0 Å². The van der Waals surface area contributed by atoms with Crippen LogP contribution in [0.25, 0.3) is 0 Å². The maximum atomic E-state index is 12.5. The maximum Gasteiger partial charge on any atom is 0.319 e. The summed E-state index contributed by atoms with van der Waals surface area (Å²) in [7, 11) is 0. The van der Waals surface area contributed by atoms with Gasteiger partial charge in [-0.05, 0) is 38.6 Å². The van der Waals surface area contributed by atoms with E-state index in [1.807, 2.05) is 0 Å². The van der Waals surface area contributed by atoms with Gasteiger partial charge in [-0.15, -0.1) is 0 Å². The van der Waals surface area contributed by atoms with Crippen molar-refractivity contribution in [2.75, 3.05) is 6.54 Å². The largest absolute Gasteiger partial charge is 0.319 e. The number of nitrogens with zero attached hydrogens (tertiary/aromatic N) is 2. The highest BCUT2D eigenvalue weighted by Crippen LogP contribution is 2.19. The topological polar surface area (TPSA) is 29.9 Å². The number of rotatable bonds is 6. The molecule has 0 atom stereocenters. The number of allylic oxidation sites excluding steroid dienone is 1. The van der Waals surface area contributed by atoms with E-state index < -0.39 is 6.55 Å². The number of halogens is 2. The molecule has 0 bridgehead atoms. The second-order valence-corrected chi connectivity index (χ2v) is 4.56. The van der Waals surface area contributed by atoms with Gasteiger partial charge in [0.05, 0.1) is 6.54 Å². The Morgan fingerprint density at radius 3 is 3.00 bits per heavy atom. The SMILES string of the molecule is FC(F)n1ccnc1CNCCC1=CCCCC1. The third-order valence-corrected chi connectivity index (χ3v) is 3.25. The number of alkyl halides is 2. The molecule has 1 N–H and O–H groups in total. The Hall–Kier alpha value is -1.23. The number of imidazole rings is 1. The smallest absolute Gasteiger partial charge is 0.310 e. The Kier molecular flexibility index (Phi) is 4.87. The Labute approximate surface area is 106 Å². The van der Waals surface area contributed by atoms with Crippen molar-refractivity contribution in [3.8, 4) is 0 Å². The zero-order valence-corrected chi connectivity index (χ0v) is 10.4. The second kappa shape index (κ2) is 6.64. The molecule has 18 heavy (non-hydrogen) atoms. The van der Waals surface area contributed by atoms with Crippen LogP contribution in [0.3, 0.4) is 0 Å². The summed E-state index contributed by atoms with van der Waals surface area (Å²) >= 11 is 0. The lowest BCUT2D eigenvalue weighted by Crippen LogP contribution is -2.19. The van der Waals surface area contributed by atoms with E-state index in [2.05, 4.69) is 16.4 Å². The summed E-state index contributed by atoms with van der Waals surface area (Å²) in [4.78, 5) is 3.93. The predicted molar refractivity (Wildman–Crippen MR) is 66.4 cm³/mol. The Morgan fingerprint density at radius 1 is 1.39 bits per heavy atom. The first-order valence-electron chi connectivity index (χ1n) is 6.46. The van der Waals surface area contributed by atoms with Crippen LogP contribution < -0.4 is 5.32 Å². The number of hydrogen-bond donors (Lipinski definition) is 1. The van der Waals surface area contributed by atoms with Gasteiger partial charge in [0.25, 0.3) is 0 Å². The van der Waals surface area contributed by atoms with Crippen LogP contribution in [0.15, 0.2) is 24.0 Å². The molecule has 0 saturated carbocycles. The summed E-state index contributed by atoms with van der Waals surface area (Å²) in [5.41, 5.74) is 1.49. The summed E-state index contributed by atoms with van der Waals surface area (Å²) in [6.07, 6.45) is 11.0. The van der Waals surface area contributed by atoms with Crippen LogP contribution in [-0.4, -0.2) is 16.1 Å². The highest BCUT2D eigenvalue weighted by atomic mass is 19.3. The summed E-state index contributed by atoms with van der Waals surface area (Å²) < 4.78 is 26.0. The third kappa shape index (κ3) is 3.63. The fourth-order valence-electron chi connectivity index (χ4n) is 2.24. The maximum absolute atomic E-state index is 12.5. The lowest BCUT2D eigenvalue weighted by Gasteiger charge is -2.13. The van der Waals surface area contributed by atoms with Crippen molar-refractivity contribution >= 4 is 0 Å². The Morgan fingerprint density at radius 2 is 2.28 bits per heavy atom. The minimum absolute atomic E-state index is 0.391. The molecule has 0 unspecified atom stereocenters. The summed E-state index contributed by atoms with van der Waals surface area (Å²) in [6, 6.07) is 0. The zero-order chi connectivity index (χ0) is 12.8. The van der Waals surface area contributed by atoms with Gasteiger partial charge >= 0.3 is 6.55 Å². The van der Waals surface area contributed by atoms with E-state index in [4.69, 9.17) is 0 Å². The molecule has 0 spiro atoms. The van der Waals surface area contributed by atoms with Crippen molar-refractivity contribution in [2.45, 2.75) is 45.2 Å². The van der Waals surface area contributed by atoms with E-state index in [0.717, 1.165) is 17.5 Å². The highest BCUT2D eigenvalue weighted by Gasteiger charge is 2.10. The second-order valence-electron chi connectivity index (χ2n) is 4.56. The third-order valence-electron chi connectivity index (χ3n) is 3.25. The van der Waals surface area contributed by atoms with Crippen molar-refractivity contribution in [1.82, 2.24) is 14.9 Å². The average molecular weight is 255 g/mol. The van der Waals surface area contributed by atoms with Crippen LogP contribution in [0, 0.1) is 0 Å². The first-order chi connectivity index (χ1) is 8.77. The quantitative estimate of drug-likeness (QED) is 0.624. The lowest BCUT2D eigenvalue weighted by molar-refractivity contribution is 0.0666. The normalized spacial score (nSPS) is 16.1. The summed E-state index contributed by atoms with van der Waals surface area (Å²) in [6.45, 7) is -1.29. The van der Waals surface area contributed by atoms with Crippen LogP contribution in [0.2, 0.25) is 0 Å². The molecule has 0 saturated heterocycles. The van der Waals surface area contributed by atoms with Gasteiger partial charge in [-0.25, -0.2) is 4.98 Å². The highest BCUT2D eigenvalue weighted by molar-refractivity contribution is 5.05. The molecule has 1 aromatic heterocycles. The molecule has 1 aliphatic carbocycles. The van der Waals surface area contributed by atoms with Gasteiger partial charge in [-0.3, -0.25) is 4.57 Å². The Bertz CT molecular complexity index is 399.